The zero-order valence-corrected chi connectivity index (χ0v) is 9.84. The molecule has 0 aromatic heterocycles. The largest absolute Gasteiger partial charge is 0.495 e. The summed E-state index contributed by atoms with van der Waals surface area (Å²) in [4.78, 5) is 10.3. The number of hydrogen-bond acceptors (Lipinski definition) is 3. The van der Waals surface area contributed by atoms with E-state index in [-0.39, 0.29) is 29.4 Å². The highest BCUT2D eigenvalue weighted by molar-refractivity contribution is 6.32. The SMILES string of the molecule is COc1cc(OC(F)F)c(CCC=O)cc1Cl. The maximum atomic E-state index is 12.2. The standard InChI is InChI=1S/C11H11ClF2O3/c1-16-10-6-9(17-11(13)14)7(3-2-4-15)5-8(10)12/h4-6,11H,2-3H2,1H3. The summed E-state index contributed by atoms with van der Waals surface area (Å²) in [6, 6.07) is 2.75. The first-order chi connectivity index (χ1) is 8.08. The van der Waals surface area contributed by atoms with Crippen molar-refractivity contribution in [1.82, 2.24) is 0 Å². The van der Waals surface area contributed by atoms with Gasteiger partial charge in [-0.15, -0.1) is 0 Å². The number of aryl methyl sites for hydroxylation is 1. The average Bonchev–Trinajstić information content (AvgIpc) is 2.28. The number of alkyl halides is 2. The molecule has 6 heteroatoms. The van der Waals surface area contributed by atoms with Gasteiger partial charge in [0, 0.05) is 12.5 Å². The van der Waals surface area contributed by atoms with Gasteiger partial charge in [0.2, 0.25) is 0 Å². The van der Waals surface area contributed by atoms with Crippen molar-refractivity contribution < 1.29 is 23.0 Å². The van der Waals surface area contributed by atoms with E-state index in [0.29, 0.717) is 11.8 Å². The summed E-state index contributed by atoms with van der Waals surface area (Å²) in [5, 5.41) is 0.287. The van der Waals surface area contributed by atoms with Gasteiger partial charge in [0.25, 0.3) is 0 Å². The normalized spacial score (nSPS) is 10.4. The first-order valence-electron chi connectivity index (χ1n) is 4.83. The number of benzene rings is 1. The van der Waals surface area contributed by atoms with Crippen LogP contribution in [0.25, 0.3) is 0 Å². The molecular weight excluding hydrogens is 254 g/mol. The summed E-state index contributed by atoms with van der Waals surface area (Å²) >= 11 is 5.86. The van der Waals surface area contributed by atoms with E-state index in [4.69, 9.17) is 16.3 Å². The van der Waals surface area contributed by atoms with Gasteiger partial charge in [-0.05, 0) is 18.1 Å². The van der Waals surface area contributed by atoms with E-state index in [9.17, 15) is 13.6 Å². The quantitative estimate of drug-likeness (QED) is 0.741. The third-order valence-corrected chi connectivity index (χ3v) is 2.38. The zero-order valence-electron chi connectivity index (χ0n) is 9.08. The van der Waals surface area contributed by atoms with Crippen LogP contribution >= 0.6 is 11.6 Å². The molecule has 0 bridgehead atoms. The zero-order chi connectivity index (χ0) is 12.8. The molecule has 1 rings (SSSR count). The van der Waals surface area contributed by atoms with Crippen LogP contribution in [-0.4, -0.2) is 20.0 Å². The van der Waals surface area contributed by atoms with Crippen LogP contribution in [0.3, 0.4) is 0 Å². The van der Waals surface area contributed by atoms with E-state index in [0.717, 1.165) is 0 Å². The van der Waals surface area contributed by atoms with Gasteiger partial charge in [0.1, 0.15) is 17.8 Å². The van der Waals surface area contributed by atoms with Crippen molar-refractivity contribution in [3.8, 4) is 11.5 Å². The van der Waals surface area contributed by atoms with Gasteiger partial charge in [0.15, 0.2) is 0 Å². The Hall–Kier alpha value is -1.36. The van der Waals surface area contributed by atoms with Gasteiger partial charge < -0.3 is 14.3 Å². The first kappa shape index (κ1) is 13.7. The number of halogens is 3. The summed E-state index contributed by atoms with van der Waals surface area (Å²) in [5.74, 6) is 0.222. The third-order valence-electron chi connectivity index (χ3n) is 2.08. The minimum absolute atomic E-state index is 0.0249. The maximum absolute atomic E-state index is 12.2. The predicted octanol–water partition coefficient (Wildman–Crippen LogP) is 3.08. The fourth-order valence-electron chi connectivity index (χ4n) is 1.35. The monoisotopic (exact) mass is 264 g/mol. The van der Waals surface area contributed by atoms with E-state index in [2.05, 4.69) is 4.74 Å². The highest BCUT2D eigenvalue weighted by Crippen LogP contribution is 2.33. The third kappa shape index (κ3) is 3.85. The molecule has 0 N–H and O–H groups in total. The van der Waals surface area contributed by atoms with Gasteiger partial charge in [-0.25, -0.2) is 0 Å². The Balaban J connectivity index is 3.06. The number of ether oxygens (including phenoxy) is 2. The second-order valence-corrected chi connectivity index (χ2v) is 3.59. The Morgan fingerprint density at radius 1 is 1.41 bits per heavy atom. The molecule has 0 spiro atoms. The van der Waals surface area contributed by atoms with Crippen molar-refractivity contribution in [2.45, 2.75) is 19.5 Å². The fraction of sp³-hybridized carbons (Fsp3) is 0.364. The minimum atomic E-state index is -2.93. The van der Waals surface area contributed by atoms with Crippen LogP contribution in [0.15, 0.2) is 12.1 Å². The molecule has 0 amide bonds. The van der Waals surface area contributed by atoms with Crippen LogP contribution in [0.1, 0.15) is 12.0 Å². The molecule has 0 heterocycles. The number of carbonyl (C=O) groups excluding carboxylic acids is 1. The van der Waals surface area contributed by atoms with Crippen molar-refractivity contribution in [2.75, 3.05) is 7.11 Å². The Kier molecular flexibility index (Phi) is 5.15. The van der Waals surface area contributed by atoms with Crippen molar-refractivity contribution in [2.24, 2.45) is 0 Å². The number of hydrogen-bond donors (Lipinski definition) is 0. The van der Waals surface area contributed by atoms with E-state index >= 15 is 0 Å². The summed E-state index contributed by atoms with van der Waals surface area (Å²) in [6.07, 6.45) is 1.20. The predicted molar refractivity (Wildman–Crippen MR) is 59.0 cm³/mol. The Morgan fingerprint density at radius 2 is 2.12 bits per heavy atom. The molecule has 0 unspecified atom stereocenters. The highest BCUT2D eigenvalue weighted by atomic mass is 35.5. The molecule has 94 valence electrons. The van der Waals surface area contributed by atoms with Crippen molar-refractivity contribution in [3.05, 3.63) is 22.7 Å². The van der Waals surface area contributed by atoms with Gasteiger partial charge in [-0.3, -0.25) is 0 Å². The van der Waals surface area contributed by atoms with E-state index in [1.165, 1.54) is 19.2 Å². The maximum Gasteiger partial charge on any atom is 0.387 e. The molecule has 1 aromatic carbocycles. The van der Waals surface area contributed by atoms with Crippen molar-refractivity contribution in [1.29, 1.82) is 0 Å². The topological polar surface area (TPSA) is 35.5 Å². The van der Waals surface area contributed by atoms with E-state index in [1.54, 1.807) is 0 Å². The average molecular weight is 265 g/mol. The molecule has 0 saturated heterocycles. The Morgan fingerprint density at radius 3 is 2.65 bits per heavy atom. The highest BCUT2D eigenvalue weighted by Gasteiger charge is 2.13. The molecule has 1 aromatic rings. The number of aldehydes is 1. The molecule has 0 atom stereocenters. The van der Waals surface area contributed by atoms with Crippen LogP contribution in [0.5, 0.6) is 11.5 Å². The van der Waals surface area contributed by atoms with Crippen LogP contribution in [0.2, 0.25) is 5.02 Å². The molecular formula is C11H11ClF2O3. The smallest absolute Gasteiger partial charge is 0.387 e. The second kappa shape index (κ2) is 6.39. The van der Waals surface area contributed by atoms with Gasteiger partial charge in [-0.2, -0.15) is 8.78 Å². The minimum Gasteiger partial charge on any atom is -0.495 e. The fourth-order valence-corrected chi connectivity index (χ4v) is 1.61. The van der Waals surface area contributed by atoms with Crippen LogP contribution in [0, 0.1) is 0 Å². The number of carbonyl (C=O) groups is 1. The summed E-state index contributed by atoms with van der Waals surface area (Å²) < 4.78 is 33.6. The summed E-state index contributed by atoms with van der Waals surface area (Å²) in [5.41, 5.74) is 0.447. The molecule has 3 nitrogen and oxygen atoms in total. The summed E-state index contributed by atoms with van der Waals surface area (Å²) in [7, 11) is 1.37. The van der Waals surface area contributed by atoms with Crippen LogP contribution in [-0.2, 0) is 11.2 Å². The molecule has 0 saturated carbocycles. The molecule has 0 aliphatic carbocycles. The first-order valence-corrected chi connectivity index (χ1v) is 5.21. The molecule has 17 heavy (non-hydrogen) atoms. The van der Waals surface area contributed by atoms with Crippen LogP contribution in [0.4, 0.5) is 8.78 Å². The Bertz CT molecular complexity index is 397. The van der Waals surface area contributed by atoms with Crippen molar-refractivity contribution in [3.63, 3.8) is 0 Å². The van der Waals surface area contributed by atoms with Gasteiger partial charge >= 0.3 is 6.61 Å². The molecule has 0 aliphatic rings. The lowest BCUT2D eigenvalue weighted by molar-refractivity contribution is -0.107. The van der Waals surface area contributed by atoms with E-state index < -0.39 is 6.61 Å². The Labute approximate surface area is 102 Å². The summed E-state index contributed by atoms with van der Waals surface area (Å²) in [6.45, 7) is -2.93. The van der Waals surface area contributed by atoms with E-state index in [1.807, 2.05) is 0 Å². The van der Waals surface area contributed by atoms with Gasteiger partial charge in [-0.1, -0.05) is 11.6 Å². The molecule has 0 aliphatic heterocycles. The van der Waals surface area contributed by atoms with Crippen LogP contribution < -0.4 is 9.47 Å². The number of rotatable bonds is 6. The van der Waals surface area contributed by atoms with Crippen molar-refractivity contribution >= 4 is 17.9 Å². The lowest BCUT2D eigenvalue weighted by atomic mass is 10.1. The lowest BCUT2D eigenvalue weighted by Gasteiger charge is -2.12. The number of methoxy groups -OCH3 is 1. The van der Waals surface area contributed by atoms with Gasteiger partial charge in [0.05, 0.1) is 12.1 Å². The molecule has 0 radical (unpaired) electrons. The molecule has 0 fully saturated rings. The lowest BCUT2D eigenvalue weighted by Crippen LogP contribution is -2.05. The second-order valence-electron chi connectivity index (χ2n) is 3.18.